The van der Waals surface area contributed by atoms with E-state index >= 15 is 0 Å². The van der Waals surface area contributed by atoms with Gasteiger partial charge in [-0.2, -0.15) is 0 Å². The largest absolute Gasteiger partial charge is 0.335 e. The van der Waals surface area contributed by atoms with Crippen LogP contribution in [0.4, 0.5) is 0 Å². The van der Waals surface area contributed by atoms with Crippen LogP contribution in [0.1, 0.15) is 49.4 Å². The van der Waals surface area contributed by atoms with E-state index in [1.54, 1.807) is 0 Å². The van der Waals surface area contributed by atoms with Crippen LogP contribution in [0.5, 0.6) is 0 Å². The first kappa shape index (κ1) is 15.8. The topological polar surface area (TPSA) is 20.3 Å². The number of hydrogen-bond acceptors (Lipinski definition) is 1. The second-order valence-electron chi connectivity index (χ2n) is 6.40. The fourth-order valence-electron chi connectivity index (χ4n) is 3.98. The van der Waals surface area contributed by atoms with Gasteiger partial charge in [-0.05, 0) is 71.9 Å². The number of piperidine rings is 1. The fraction of sp³-hybridized carbons (Fsp3) is 0.588. The van der Waals surface area contributed by atoms with Gasteiger partial charge in [0, 0.05) is 20.6 Å². The minimum atomic E-state index is 0.226. The average Bonchev–Trinajstić information content (AvgIpc) is 2.50. The van der Waals surface area contributed by atoms with Crippen LogP contribution in [0.2, 0.25) is 0 Å². The molecule has 0 aromatic heterocycles. The number of carbonyl (C=O) groups is 1. The number of halogens is 2. The average molecular weight is 462 g/mol. The Labute approximate surface area is 148 Å². The molecule has 2 aliphatic rings. The summed E-state index contributed by atoms with van der Waals surface area (Å²) < 4.78 is 2.03. The Balaban J connectivity index is 1.88. The molecule has 0 spiro atoms. The lowest BCUT2D eigenvalue weighted by Crippen LogP contribution is -2.52. The quantitative estimate of drug-likeness (QED) is 0.533. The van der Waals surface area contributed by atoms with Gasteiger partial charge in [0.2, 0.25) is 0 Å². The van der Waals surface area contributed by atoms with Crippen LogP contribution in [0.3, 0.4) is 0 Å². The van der Waals surface area contributed by atoms with E-state index in [1.165, 1.54) is 25.7 Å². The second kappa shape index (κ2) is 6.57. The summed E-state index contributed by atoms with van der Waals surface area (Å²) in [4.78, 5) is 15.2. The van der Waals surface area contributed by atoms with Crippen LogP contribution in [0, 0.1) is 15.4 Å². The van der Waals surface area contributed by atoms with E-state index < -0.39 is 0 Å². The van der Waals surface area contributed by atoms with Crippen LogP contribution in [0.25, 0.3) is 0 Å². The molecular formula is C17H21BrINO. The molecule has 3 unspecified atom stereocenters. The molecule has 0 radical (unpaired) electrons. The zero-order chi connectivity index (χ0) is 15.0. The van der Waals surface area contributed by atoms with Crippen LogP contribution < -0.4 is 0 Å². The van der Waals surface area contributed by atoms with E-state index in [9.17, 15) is 4.79 Å². The second-order valence-corrected chi connectivity index (χ2v) is 8.48. The molecule has 3 rings (SSSR count). The maximum Gasteiger partial charge on any atom is 0.255 e. The Morgan fingerprint density at radius 3 is 2.86 bits per heavy atom. The lowest BCUT2D eigenvalue weighted by Gasteiger charge is -2.47. The Morgan fingerprint density at radius 2 is 2.05 bits per heavy atom. The van der Waals surface area contributed by atoms with Gasteiger partial charge in [-0.1, -0.05) is 35.7 Å². The van der Waals surface area contributed by atoms with Crippen molar-refractivity contribution in [1.82, 2.24) is 4.90 Å². The van der Waals surface area contributed by atoms with Crippen molar-refractivity contribution in [2.75, 3.05) is 6.54 Å². The summed E-state index contributed by atoms with van der Waals surface area (Å²) in [5.41, 5.74) is 0.851. The van der Waals surface area contributed by atoms with Gasteiger partial charge in [0.1, 0.15) is 0 Å². The van der Waals surface area contributed by atoms with E-state index in [1.807, 2.05) is 18.2 Å². The van der Waals surface area contributed by atoms with Crippen molar-refractivity contribution >= 4 is 44.4 Å². The number of carbonyl (C=O) groups excluding carboxylic acids is 1. The molecule has 1 saturated heterocycles. The predicted octanol–water partition coefficient (Wildman–Crippen LogP) is 5.09. The summed E-state index contributed by atoms with van der Waals surface area (Å²) in [6, 6.07) is 6.45. The van der Waals surface area contributed by atoms with E-state index in [4.69, 9.17) is 0 Å². The molecule has 2 nitrogen and oxygen atoms in total. The first-order valence-electron chi connectivity index (χ1n) is 7.84. The van der Waals surface area contributed by atoms with Crippen molar-refractivity contribution in [2.45, 2.75) is 45.1 Å². The Hall–Kier alpha value is -0.100. The number of amides is 1. The summed E-state index contributed by atoms with van der Waals surface area (Å²) in [7, 11) is 0. The molecule has 1 amide bonds. The van der Waals surface area contributed by atoms with Crippen LogP contribution >= 0.6 is 38.5 Å². The summed E-state index contributed by atoms with van der Waals surface area (Å²) in [5, 5.41) is 0. The zero-order valence-corrected chi connectivity index (χ0v) is 16.1. The molecule has 2 fully saturated rings. The van der Waals surface area contributed by atoms with E-state index in [0.717, 1.165) is 32.5 Å². The maximum absolute atomic E-state index is 13.0. The summed E-state index contributed by atoms with van der Waals surface area (Å²) in [5.74, 6) is 1.70. The third kappa shape index (κ3) is 3.16. The highest BCUT2D eigenvalue weighted by Crippen LogP contribution is 2.39. The smallest absolute Gasteiger partial charge is 0.255 e. The van der Waals surface area contributed by atoms with E-state index in [0.29, 0.717) is 12.0 Å². The molecular weight excluding hydrogens is 441 g/mol. The molecule has 1 aliphatic heterocycles. The zero-order valence-electron chi connectivity index (χ0n) is 12.3. The van der Waals surface area contributed by atoms with Crippen molar-refractivity contribution in [2.24, 2.45) is 11.8 Å². The summed E-state index contributed by atoms with van der Waals surface area (Å²) in [6.07, 6.45) is 6.24. The highest BCUT2D eigenvalue weighted by molar-refractivity contribution is 14.1. The molecule has 0 N–H and O–H groups in total. The Kier molecular flexibility index (Phi) is 4.94. The van der Waals surface area contributed by atoms with Crippen molar-refractivity contribution in [3.8, 4) is 0 Å². The lowest BCUT2D eigenvalue weighted by atomic mass is 9.72. The Morgan fingerprint density at radius 1 is 1.29 bits per heavy atom. The van der Waals surface area contributed by atoms with Crippen molar-refractivity contribution in [3.63, 3.8) is 0 Å². The van der Waals surface area contributed by atoms with Gasteiger partial charge in [0.15, 0.2) is 0 Å². The van der Waals surface area contributed by atoms with Crippen LogP contribution in [-0.4, -0.2) is 23.4 Å². The Bertz CT molecular complexity index is 548. The molecule has 0 bridgehead atoms. The van der Waals surface area contributed by atoms with Gasteiger partial charge >= 0.3 is 0 Å². The number of fused-ring (bicyclic) bond motifs is 1. The van der Waals surface area contributed by atoms with Crippen molar-refractivity contribution < 1.29 is 4.79 Å². The molecule has 3 atom stereocenters. The van der Waals surface area contributed by atoms with Gasteiger partial charge in [-0.3, -0.25) is 4.79 Å². The van der Waals surface area contributed by atoms with Gasteiger partial charge in [0.05, 0.1) is 5.56 Å². The molecule has 21 heavy (non-hydrogen) atoms. The van der Waals surface area contributed by atoms with Crippen molar-refractivity contribution in [1.29, 1.82) is 0 Å². The normalized spacial score (nSPS) is 29.1. The SMILES string of the molecule is CC1CCN(C(=O)c2cc(Br)ccc2I)C2CCCCC12. The summed E-state index contributed by atoms with van der Waals surface area (Å²) in [6.45, 7) is 3.29. The van der Waals surface area contributed by atoms with Crippen LogP contribution in [-0.2, 0) is 0 Å². The molecule has 1 saturated carbocycles. The van der Waals surface area contributed by atoms with Crippen molar-refractivity contribution in [3.05, 3.63) is 31.8 Å². The minimum Gasteiger partial charge on any atom is -0.335 e. The monoisotopic (exact) mass is 461 g/mol. The highest BCUT2D eigenvalue weighted by atomic mass is 127. The molecule has 1 aromatic carbocycles. The van der Waals surface area contributed by atoms with E-state index in [2.05, 4.69) is 50.3 Å². The highest BCUT2D eigenvalue weighted by Gasteiger charge is 2.39. The molecule has 1 heterocycles. The summed E-state index contributed by atoms with van der Waals surface area (Å²) >= 11 is 5.76. The third-order valence-electron chi connectivity index (χ3n) is 5.16. The standard InChI is InChI=1S/C17H21BrINO/c1-11-8-9-20(16-5-3-2-4-13(11)16)17(21)14-10-12(18)6-7-15(14)19/h6-7,10-11,13,16H,2-5,8-9H2,1H3. The fourth-order valence-corrected chi connectivity index (χ4v) is 4.91. The first-order valence-corrected chi connectivity index (χ1v) is 9.71. The van der Waals surface area contributed by atoms with Gasteiger partial charge in [0.25, 0.3) is 5.91 Å². The van der Waals surface area contributed by atoms with Crippen LogP contribution in [0.15, 0.2) is 22.7 Å². The predicted molar refractivity (Wildman–Crippen MR) is 97.4 cm³/mol. The molecule has 4 heteroatoms. The van der Waals surface area contributed by atoms with E-state index in [-0.39, 0.29) is 5.91 Å². The maximum atomic E-state index is 13.0. The lowest BCUT2D eigenvalue weighted by molar-refractivity contribution is 0.0217. The van der Waals surface area contributed by atoms with Gasteiger partial charge < -0.3 is 4.90 Å². The number of rotatable bonds is 1. The number of hydrogen-bond donors (Lipinski definition) is 0. The molecule has 1 aromatic rings. The van der Waals surface area contributed by atoms with Gasteiger partial charge in [-0.25, -0.2) is 0 Å². The number of nitrogens with zero attached hydrogens (tertiary/aromatic N) is 1. The third-order valence-corrected chi connectivity index (χ3v) is 6.59. The number of benzene rings is 1. The molecule has 1 aliphatic carbocycles. The first-order chi connectivity index (χ1) is 10.1. The van der Waals surface area contributed by atoms with Gasteiger partial charge in [-0.15, -0.1) is 0 Å². The minimum absolute atomic E-state index is 0.226. The number of likely N-dealkylation sites (tertiary alicyclic amines) is 1. The molecule has 114 valence electrons.